The molecule has 0 unspecified atom stereocenters. The predicted octanol–water partition coefficient (Wildman–Crippen LogP) is 6.29. The highest BCUT2D eigenvalue weighted by Crippen LogP contribution is 2.50. The second-order valence-corrected chi connectivity index (χ2v) is 14.3. The number of halogens is 2. The van der Waals surface area contributed by atoms with Crippen molar-refractivity contribution in [3.05, 3.63) is 18.2 Å². The zero-order valence-electron chi connectivity index (χ0n) is 21.3. The summed E-state index contributed by atoms with van der Waals surface area (Å²) < 4.78 is 68.6. The van der Waals surface area contributed by atoms with Gasteiger partial charge >= 0.3 is 13.7 Å². The molecule has 0 atom stereocenters. The van der Waals surface area contributed by atoms with Gasteiger partial charge in [-0.3, -0.25) is 4.57 Å². The third-order valence-corrected chi connectivity index (χ3v) is 10.0. The molecule has 0 N–H and O–H groups in total. The molecule has 1 aromatic heterocycles. The first-order chi connectivity index (χ1) is 17.3. The highest BCUT2D eigenvalue weighted by atomic mass is 35.5. The van der Waals surface area contributed by atoms with Crippen LogP contribution in [0.5, 0.6) is 11.5 Å². The average molecular weight is 621 g/mol. The Bertz CT molecular complexity index is 1160. The van der Waals surface area contributed by atoms with Gasteiger partial charge in [0.05, 0.1) is 25.0 Å². The van der Waals surface area contributed by atoms with Crippen LogP contribution in [0, 0.1) is 0 Å². The zero-order valence-corrected chi connectivity index (χ0v) is 25.4. The molecule has 0 spiro atoms. The molecular formula is C22H32Cl2NO9PS2. The fraction of sp³-hybridized carbons (Fsp3) is 0.591. The van der Waals surface area contributed by atoms with Gasteiger partial charge in [-0.25, -0.2) is 4.79 Å². The number of carbonyl (C=O) groups excluding carboxylic acids is 1. The number of alkyl halides is 2. The minimum absolute atomic E-state index is 0.0153. The first-order valence-electron chi connectivity index (χ1n) is 11.4. The van der Waals surface area contributed by atoms with E-state index in [1.807, 2.05) is 0 Å². The van der Waals surface area contributed by atoms with E-state index in [4.69, 9.17) is 46.5 Å². The number of hydrogen-bond donors (Lipinski definition) is 0. The molecule has 0 aliphatic carbocycles. The Hall–Kier alpha value is -1.27. The Morgan fingerprint density at radius 2 is 1.54 bits per heavy atom. The fourth-order valence-electron chi connectivity index (χ4n) is 3.00. The molecule has 0 saturated heterocycles. The molecule has 37 heavy (non-hydrogen) atoms. The maximum Gasteiger partial charge on any atom is 0.424 e. The van der Waals surface area contributed by atoms with Crippen LogP contribution in [-0.2, 0) is 28.4 Å². The van der Waals surface area contributed by atoms with Crippen molar-refractivity contribution in [2.45, 2.75) is 44.4 Å². The maximum absolute atomic E-state index is 13.7. The van der Waals surface area contributed by atoms with Crippen LogP contribution in [0.2, 0.25) is 0 Å². The summed E-state index contributed by atoms with van der Waals surface area (Å²) in [7, 11) is -8.54. The van der Waals surface area contributed by atoms with Gasteiger partial charge < -0.3 is 23.3 Å². The summed E-state index contributed by atoms with van der Waals surface area (Å²) in [4.78, 5) is 13.1. The number of hydrogen-bond acceptors (Lipinski definition) is 10. The quantitative estimate of drug-likeness (QED) is 0.178. The Kier molecular flexibility index (Phi) is 11.8. The van der Waals surface area contributed by atoms with E-state index in [-0.39, 0.29) is 42.4 Å². The van der Waals surface area contributed by atoms with Gasteiger partial charge in [0.2, 0.25) is 0 Å². The number of ether oxygens (including phenoxy) is 3. The minimum Gasteiger partial charge on any atom is -0.488 e. The Labute approximate surface area is 231 Å². The lowest BCUT2D eigenvalue weighted by Crippen LogP contribution is -2.41. The van der Waals surface area contributed by atoms with Gasteiger partial charge in [-0.1, -0.05) is 0 Å². The number of carbonyl (C=O) groups is 1. The summed E-state index contributed by atoms with van der Waals surface area (Å²) in [6.45, 7) is 8.31. The van der Waals surface area contributed by atoms with Crippen molar-refractivity contribution in [2.75, 3.05) is 44.5 Å². The van der Waals surface area contributed by atoms with E-state index in [2.05, 4.69) is 0 Å². The Balaban J connectivity index is 2.60. The van der Waals surface area contributed by atoms with E-state index in [1.54, 1.807) is 46.8 Å². The van der Waals surface area contributed by atoms with E-state index in [0.29, 0.717) is 25.9 Å². The number of fused-ring (bicyclic) bond motifs is 1. The third kappa shape index (κ3) is 8.88. The van der Waals surface area contributed by atoms with Crippen LogP contribution in [-0.4, -0.2) is 68.9 Å². The van der Waals surface area contributed by atoms with Gasteiger partial charge in [0, 0.05) is 10.8 Å². The molecule has 15 heteroatoms. The molecule has 0 aliphatic heterocycles. The van der Waals surface area contributed by atoms with E-state index in [9.17, 15) is 17.8 Å². The molecule has 0 radical (unpaired) electrons. The molecule has 1 aromatic carbocycles. The summed E-state index contributed by atoms with van der Waals surface area (Å²) in [6, 6.07) is 4.63. The topological polar surface area (TPSA) is 118 Å². The van der Waals surface area contributed by atoms with Gasteiger partial charge in [0.25, 0.3) is 10.0 Å². The summed E-state index contributed by atoms with van der Waals surface area (Å²) >= 11 is 12.4. The van der Waals surface area contributed by atoms with Crippen molar-refractivity contribution < 1.29 is 41.0 Å². The van der Waals surface area contributed by atoms with Crippen LogP contribution in [0.3, 0.4) is 0 Å². The van der Waals surface area contributed by atoms with Crippen molar-refractivity contribution in [3.8, 4) is 11.5 Å². The van der Waals surface area contributed by atoms with Crippen LogP contribution < -0.4 is 9.47 Å². The molecule has 1 amide bonds. The van der Waals surface area contributed by atoms with E-state index < -0.39 is 35.6 Å². The monoisotopic (exact) mass is 619 g/mol. The largest absolute Gasteiger partial charge is 0.488 e. The van der Waals surface area contributed by atoms with Crippen LogP contribution in [0.15, 0.2) is 22.4 Å². The SMILES string of the molecule is CCOP(=O)(CN(C(=O)OC(C)(C)C)S(=O)(=O)c1cc2cc(OCCCl)c(OCCCl)cc2s1)OCC. The van der Waals surface area contributed by atoms with Gasteiger partial charge in [0.1, 0.15) is 29.3 Å². The Morgan fingerprint density at radius 3 is 2.03 bits per heavy atom. The molecule has 2 aromatic rings. The summed E-state index contributed by atoms with van der Waals surface area (Å²) in [5, 5.41) is 0.522. The standard InChI is InChI=1S/C22H32Cl2NO9PS2/c1-6-32-35(27,33-7-2)15-25(21(26)34-22(3,4)5)37(28,29)20-13-16-12-17(30-10-8-23)18(31-11-9-24)14-19(16)36-20/h12-14H,6-11,15H2,1-5H3. The number of benzene rings is 1. The van der Waals surface area contributed by atoms with Crippen molar-refractivity contribution in [1.82, 2.24) is 4.31 Å². The smallest absolute Gasteiger partial charge is 0.424 e. The lowest BCUT2D eigenvalue weighted by Gasteiger charge is -2.28. The number of amides is 1. The van der Waals surface area contributed by atoms with Crippen molar-refractivity contribution >= 4 is 68.3 Å². The van der Waals surface area contributed by atoms with E-state index >= 15 is 0 Å². The molecule has 0 aliphatic rings. The van der Waals surface area contributed by atoms with Crippen LogP contribution >= 0.6 is 42.1 Å². The lowest BCUT2D eigenvalue weighted by molar-refractivity contribution is 0.0399. The van der Waals surface area contributed by atoms with Crippen molar-refractivity contribution in [1.29, 1.82) is 0 Å². The molecule has 210 valence electrons. The van der Waals surface area contributed by atoms with E-state index in [0.717, 1.165) is 11.3 Å². The zero-order chi connectivity index (χ0) is 27.9. The molecule has 0 bridgehead atoms. The number of nitrogens with zero attached hydrogens (tertiary/aromatic N) is 1. The van der Waals surface area contributed by atoms with Gasteiger partial charge in [-0.05, 0) is 52.1 Å². The molecule has 0 fully saturated rings. The highest BCUT2D eigenvalue weighted by Gasteiger charge is 2.41. The third-order valence-electron chi connectivity index (χ3n) is 4.32. The highest BCUT2D eigenvalue weighted by molar-refractivity contribution is 7.92. The van der Waals surface area contributed by atoms with Crippen molar-refractivity contribution in [3.63, 3.8) is 0 Å². The maximum atomic E-state index is 13.7. The molecule has 2 rings (SSSR count). The van der Waals surface area contributed by atoms with E-state index in [1.165, 1.54) is 6.07 Å². The van der Waals surface area contributed by atoms with Crippen LogP contribution in [0.25, 0.3) is 10.1 Å². The fourth-order valence-corrected chi connectivity index (χ4v) is 8.13. The van der Waals surface area contributed by atoms with Crippen LogP contribution in [0.4, 0.5) is 4.79 Å². The first kappa shape index (κ1) is 31.9. The molecule has 0 saturated carbocycles. The average Bonchev–Trinajstić information content (AvgIpc) is 3.22. The molecular weight excluding hydrogens is 588 g/mol. The minimum atomic E-state index is -4.54. The second kappa shape index (κ2) is 13.7. The van der Waals surface area contributed by atoms with Crippen molar-refractivity contribution in [2.24, 2.45) is 0 Å². The summed E-state index contributed by atoms with van der Waals surface area (Å²) in [6.07, 6.45) is -2.06. The molecule has 1 heterocycles. The van der Waals surface area contributed by atoms with Gasteiger partial charge in [0.15, 0.2) is 11.5 Å². The normalized spacial score (nSPS) is 12.5. The number of thiophene rings is 1. The lowest BCUT2D eigenvalue weighted by atomic mass is 10.2. The second-order valence-electron chi connectivity index (χ2n) is 8.40. The summed E-state index contributed by atoms with van der Waals surface area (Å²) in [5.41, 5.74) is -1.02. The van der Waals surface area contributed by atoms with Gasteiger partial charge in [-0.15, -0.1) is 34.5 Å². The predicted molar refractivity (Wildman–Crippen MR) is 145 cm³/mol. The van der Waals surface area contributed by atoms with Crippen LogP contribution in [0.1, 0.15) is 34.6 Å². The molecule has 10 nitrogen and oxygen atoms in total. The number of rotatable bonds is 14. The summed E-state index contributed by atoms with van der Waals surface area (Å²) in [5.74, 6) is 1.20. The number of sulfonamides is 1. The Morgan fingerprint density at radius 1 is 1.00 bits per heavy atom. The first-order valence-corrected chi connectivity index (χ1v) is 16.4. The van der Waals surface area contributed by atoms with Gasteiger partial charge in [-0.2, -0.15) is 12.7 Å².